The lowest BCUT2D eigenvalue weighted by molar-refractivity contribution is 0.848. The average Bonchev–Trinajstić information content (AvgIpc) is 2.27. The Kier molecular flexibility index (Phi) is 3.62. The number of hydrogen-bond acceptors (Lipinski definition) is 5. The van der Waals surface area contributed by atoms with E-state index in [0.29, 0.717) is 16.8 Å². The van der Waals surface area contributed by atoms with E-state index in [4.69, 9.17) is 17.3 Å². The summed E-state index contributed by atoms with van der Waals surface area (Å²) < 4.78 is 0. The highest BCUT2D eigenvalue weighted by Gasteiger charge is 2.08. The maximum Gasteiger partial charge on any atom is 0.228 e. The lowest BCUT2D eigenvalue weighted by Gasteiger charge is -2.14. The summed E-state index contributed by atoms with van der Waals surface area (Å²) in [5, 5.41) is 3.87. The molecule has 0 spiro atoms. The number of hydrogen-bond donors (Lipinski definition) is 2. The second-order valence-electron chi connectivity index (χ2n) is 3.99. The molecule has 94 valence electrons. The normalized spacial score (nSPS) is 12.2. The molecule has 5 nitrogen and oxygen atoms in total. The van der Waals surface area contributed by atoms with Crippen LogP contribution in [0, 0.1) is 6.92 Å². The Hall–Kier alpha value is -1.88. The molecule has 0 saturated carbocycles. The van der Waals surface area contributed by atoms with E-state index in [9.17, 15) is 0 Å². The summed E-state index contributed by atoms with van der Waals surface area (Å²) in [5.41, 5.74) is 6.63. The molecule has 2 rings (SSSR count). The molecular weight excluding hydrogens is 250 g/mol. The Morgan fingerprint density at radius 2 is 2.06 bits per heavy atom. The number of nitrogen functional groups attached to an aromatic ring is 1. The van der Waals surface area contributed by atoms with Crippen molar-refractivity contribution in [2.24, 2.45) is 0 Å². The molecule has 0 radical (unpaired) electrons. The van der Waals surface area contributed by atoms with E-state index in [-0.39, 0.29) is 12.0 Å². The SMILES string of the molecule is Cc1nc(N)nc(NC(C)c2cccc(Cl)c2)n1. The third kappa shape index (κ3) is 3.07. The van der Waals surface area contributed by atoms with Gasteiger partial charge in [0, 0.05) is 5.02 Å². The van der Waals surface area contributed by atoms with Crippen molar-refractivity contribution in [1.82, 2.24) is 15.0 Å². The zero-order valence-electron chi connectivity index (χ0n) is 10.2. The molecule has 1 heterocycles. The van der Waals surface area contributed by atoms with Crippen molar-refractivity contribution in [1.29, 1.82) is 0 Å². The quantitative estimate of drug-likeness (QED) is 0.890. The first-order valence-electron chi connectivity index (χ1n) is 5.55. The van der Waals surface area contributed by atoms with Crippen molar-refractivity contribution >= 4 is 23.5 Å². The molecule has 0 bridgehead atoms. The fourth-order valence-electron chi connectivity index (χ4n) is 1.62. The number of halogens is 1. The van der Waals surface area contributed by atoms with Crippen LogP contribution >= 0.6 is 11.6 Å². The van der Waals surface area contributed by atoms with Crippen molar-refractivity contribution in [2.75, 3.05) is 11.1 Å². The molecule has 0 fully saturated rings. The highest BCUT2D eigenvalue weighted by molar-refractivity contribution is 6.30. The second-order valence-corrected chi connectivity index (χ2v) is 4.42. The number of aryl methyl sites for hydroxylation is 1. The molecule has 18 heavy (non-hydrogen) atoms. The monoisotopic (exact) mass is 263 g/mol. The molecule has 1 aromatic carbocycles. The lowest BCUT2D eigenvalue weighted by Crippen LogP contribution is -2.12. The first-order chi connectivity index (χ1) is 8.54. The molecule has 2 aromatic rings. The molecule has 0 aliphatic rings. The molecule has 6 heteroatoms. The summed E-state index contributed by atoms with van der Waals surface area (Å²) in [6.07, 6.45) is 0. The van der Waals surface area contributed by atoms with Crippen LogP contribution in [0.25, 0.3) is 0 Å². The average molecular weight is 264 g/mol. The predicted molar refractivity (Wildman–Crippen MR) is 72.5 cm³/mol. The van der Waals surface area contributed by atoms with Crippen LogP contribution in [0.4, 0.5) is 11.9 Å². The van der Waals surface area contributed by atoms with Gasteiger partial charge in [0.15, 0.2) is 0 Å². The molecule has 0 amide bonds. The van der Waals surface area contributed by atoms with Gasteiger partial charge in [-0.2, -0.15) is 15.0 Å². The van der Waals surface area contributed by atoms with Crippen molar-refractivity contribution < 1.29 is 0 Å². The van der Waals surface area contributed by atoms with Crippen LogP contribution in [0.2, 0.25) is 5.02 Å². The highest BCUT2D eigenvalue weighted by Crippen LogP contribution is 2.20. The van der Waals surface area contributed by atoms with Gasteiger partial charge < -0.3 is 11.1 Å². The zero-order valence-corrected chi connectivity index (χ0v) is 10.9. The molecular formula is C12H14ClN5. The molecule has 1 atom stereocenters. The van der Waals surface area contributed by atoms with Gasteiger partial charge in [0.25, 0.3) is 0 Å². The minimum Gasteiger partial charge on any atom is -0.368 e. The molecule has 0 aliphatic heterocycles. The van der Waals surface area contributed by atoms with E-state index in [1.165, 1.54) is 0 Å². The number of aromatic nitrogens is 3. The second kappa shape index (κ2) is 5.18. The van der Waals surface area contributed by atoms with Crippen LogP contribution in [0.3, 0.4) is 0 Å². The third-order valence-corrected chi connectivity index (χ3v) is 2.69. The Morgan fingerprint density at radius 1 is 1.28 bits per heavy atom. The minimum atomic E-state index is 0.0323. The van der Waals surface area contributed by atoms with Gasteiger partial charge in [-0.1, -0.05) is 23.7 Å². The van der Waals surface area contributed by atoms with Gasteiger partial charge in [0.2, 0.25) is 11.9 Å². The van der Waals surface area contributed by atoms with Crippen LogP contribution in [0.5, 0.6) is 0 Å². The van der Waals surface area contributed by atoms with Gasteiger partial charge in [-0.3, -0.25) is 0 Å². The van der Waals surface area contributed by atoms with Gasteiger partial charge in [0.05, 0.1) is 6.04 Å². The molecule has 0 aliphatic carbocycles. The first-order valence-corrected chi connectivity index (χ1v) is 5.92. The van der Waals surface area contributed by atoms with Crippen molar-refractivity contribution in [3.05, 3.63) is 40.7 Å². The van der Waals surface area contributed by atoms with E-state index >= 15 is 0 Å². The first kappa shape index (κ1) is 12.6. The van der Waals surface area contributed by atoms with Crippen LogP contribution in [-0.4, -0.2) is 15.0 Å². The maximum absolute atomic E-state index is 5.95. The largest absolute Gasteiger partial charge is 0.368 e. The van der Waals surface area contributed by atoms with Crippen LogP contribution in [0.1, 0.15) is 24.4 Å². The molecule has 1 aromatic heterocycles. The number of rotatable bonds is 3. The molecule has 3 N–H and O–H groups in total. The van der Waals surface area contributed by atoms with Gasteiger partial charge in [-0.15, -0.1) is 0 Å². The van der Waals surface area contributed by atoms with E-state index in [2.05, 4.69) is 20.3 Å². The highest BCUT2D eigenvalue weighted by atomic mass is 35.5. The van der Waals surface area contributed by atoms with Crippen LogP contribution in [0.15, 0.2) is 24.3 Å². The lowest BCUT2D eigenvalue weighted by atomic mass is 10.1. The number of nitrogens with one attached hydrogen (secondary N) is 1. The van der Waals surface area contributed by atoms with Gasteiger partial charge in [0.1, 0.15) is 5.82 Å². The van der Waals surface area contributed by atoms with E-state index in [0.717, 1.165) is 5.56 Å². The third-order valence-electron chi connectivity index (χ3n) is 2.46. The van der Waals surface area contributed by atoms with Gasteiger partial charge >= 0.3 is 0 Å². The fourth-order valence-corrected chi connectivity index (χ4v) is 1.82. The summed E-state index contributed by atoms with van der Waals surface area (Å²) in [4.78, 5) is 12.1. The summed E-state index contributed by atoms with van der Waals surface area (Å²) in [5.74, 6) is 1.26. The van der Waals surface area contributed by atoms with E-state index < -0.39 is 0 Å². The number of anilines is 2. The summed E-state index contributed by atoms with van der Waals surface area (Å²) in [6.45, 7) is 3.77. The number of nitrogens with zero attached hydrogens (tertiary/aromatic N) is 3. The Balaban J connectivity index is 2.18. The molecule has 0 saturated heterocycles. The Bertz CT molecular complexity index is 538. The van der Waals surface area contributed by atoms with Gasteiger partial charge in [-0.05, 0) is 31.5 Å². The van der Waals surface area contributed by atoms with E-state index in [1.54, 1.807) is 6.92 Å². The standard InChI is InChI=1S/C12H14ClN5/c1-7(9-4-3-5-10(13)6-9)15-12-17-8(2)16-11(14)18-12/h3-7H,1-2H3,(H3,14,15,16,17,18). The van der Waals surface area contributed by atoms with Crippen LogP contribution in [-0.2, 0) is 0 Å². The number of nitrogens with two attached hydrogens (primary N) is 1. The summed E-state index contributed by atoms with van der Waals surface area (Å²) in [7, 11) is 0. The predicted octanol–water partition coefficient (Wildman–Crippen LogP) is 2.59. The zero-order chi connectivity index (χ0) is 13.1. The molecule has 1 unspecified atom stereocenters. The van der Waals surface area contributed by atoms with Gasteiger partial charge in [-0.25, -0.2) is 0 Å². The Morgan fingerprint density at radius 3 is 2.72 bits per heavy atom. The van der Waals surface area contributed by atoms with Crippen molar-refractivity contribution in [3.8, 4) is 0 Å². The number of benzene rings is 1. The van der Waals surface area contributed by atoms with Crippen molar-refractivity contribution in [2.45, 2.75) is 19.9 Å². The van der Waals surface area contributed by atoms with Crippen molar-refractivity contribution in [3.63, 3.8) is 0 Å². The summed E-state index contributed by atoms with van der Waals surface area (Å²) in [6, 6.07) is 7.66. The van der Waals surface area contributed by atoms with E-state index in [1.807, 2.05) is 31.2 Å². The maximum atomic E-state index is 5.95. The summed E-state index contributed by atoms with van der Waals surface area (Å²) >= 11 is 5.95. The van der Waals surface area contributed by atoms with Crippen LogP contribution < -0.4 is 11.1 Å². The minimum absolute atomic E-state index is 0.0323. The smallest absolute Gasteiger partial charge is 0.228 e. The topological polar surface area (TPSA) is 76.7 Å². The Labute approximate surface area is 110 Å². The fraction of sp³-hybridized carbons (Fsp3) is 0.250.